The summed E-state index contributed by atoms with van der Waals surface area (Å²) in [6, 6.07) is 0. The van der Waals surface area contributed by atoms with Gasteiger partial charge in [0.2, 0.25) is 0 Å². The molecule has 0 aromatic heterocycles. The first kappa shape index (κ1) is 14.6. The van der Waals surface area contributed by atoms with Crippen LogP contribution in [0.3, 0.4) is 0 Å². The minimum absolute atomic E-state index is 0.227. The molecule has 1 fully saturated rings. The molecule has 0 amide bonds. The molecule has 1 aliphatic rings. The zero-order chi connectivity index (χ0) is 13.0. The van der Waals surface area contributed by atoms with Gasteiger partial charge in [0.25, 0.3) is 0 Å². The first-order valence-electron chi connectivity index (χ1n) is 5.53. The molecular formula is C11H20O6. The maximum Gasteiger partial charge on any atom is 0.187 e. The van der Waals surface area contributed by atoms with E-state index in [9.17, 15) is 15.3 Å². The summed E-state index contributed by atoms with van der Waals surface area (Å²) in [4.78, 5) is 0. The summed E-state index contributed by atoms with van der Waals surface area (Å²) < 4.78 is 10.4. The van der Waals surface area contributed by atoms with Crippen LogP contribution < -0.4 is 0 Å². The molecule has 0 aromatic carbocycles. The average Bonchev–Trinajstić information content (AvgIpc) is 2.29. The van der Waals surface area contributed by atoms with Gasteiger partial charge in [0.15, 0.2) is 6.29 Å². The van der Waals surface area contributed by atoms with Crippen molar-refractivity contribution >= 4 is 0 Å². The molecule has 0 saturated carbocycles. The number of allylic oxidation sites excluding steroid dienone is 1. The van der Waals surface area contributed by atoms with Crippen molar-refractivity contribution in [1.29, 1.82) is 0 Å². The Morgan fingerprint density at radius 2 is 1.82 bits per heavy atom. The summed E-state index contributed by atoms with van der Waals surface area (Å²) in [6.45, 7) is 3.58. The third-order valence-corrected chi connectivity index (χ3v) is 2.60. The summed E-state index contributed by atoms with van der Waals surface area (Å²) in [5.74, 6) is 0. The van der Waals surface area contributed by atoms with Gasteiger partial charge in [-0.15, -0.1) is 0 Å². The molecule has 1 unspecified atom stereocenters. The van der Waals surface area contributed by atoms with Gasteiger partial charge < -0.3 is 29.9 Å². The second-order valence-electron chi connectivity index (χ2n) is 4.31. The third kappa shape index (κ3) is 3.74. The zero-order valence-corrected chi connectivity index (χ0v) is 9.98. The highest BCUT2D eigenvalue weighted by molar-refractivity contribution is 4.94. The molecule has 1 saturated heterocycles. The van der Waals surface area contributed by atoms with E-state index in [-0.39, 0.29) is 6.61 Å². The number of aliphatic hydroxyl groups is 4. The molecule has 0 radical (unpaired) electrons. The van der Waals surface area contributed by atoms with E-state index in [2.05, 4.69) is 0 Å². The zero-order valence-electron chi connectivity index (χ0n) is 9.98. The highest BCUT2D eigenvalue weighted by Gasteiger charge is 2.43. The van der Waals surface area contributed by atoms with E-state index in [1.54, 1.807) is 6.08 Å². The van der Waals surface area contributed by atoms with Gasteiger partial charge in [-0.2, -0.15) is 0 Å². The molecule has 1 aliphatic heterocycles. The molecular weight excluding hydrogens is 228 g/mol. The average molecular weight is 248 g/mol. The molecule has 1 rings (SSSR count). The third-order valence-electron chi connectivity index (χ3n) is 2.60. The van der Waals surface area contributed by atoms with Crippen molar-refractivity contribution in [1.82, 2.24) is 0 Å². The van der Waals surface area contributed by atoms with E-state index in [0.29, 0.717) is 0 Å². The van der Waals surface area contributed by atoms with Gasteiger partial charge in [0.1, 0.15) is 24.4 Å². The second-order valence-corrected chi connectivity index (χ2v) is 4.31. The van der Waals surface area contributed by atoms with Crippen molar-refractivity contribution in [2.45, 2.75) is 44.6 Å². The summed E-state index contributed by atoms with van der Waals surface area (Å²) in [7, 11) is 0. The van der Waals surface area contributed by atoms with Gasteiger partial charge in [0.05, 0.1) is 13.2 Å². The molecule has 17 heavy (non-hydrogen) atoms. The lowest BCUT2D eigenvalue weighted by molar-refractivity contribution is -0.298. The van der Waals surface area contributed by atoms with Gasteiger partial charge in [-0.05, 0) is 13.8 Å². The van der Waals surface area contributed by atoms with E-state index in [1.165, 1.54) is 0 Å². The van der Waals surface area contributed by atoms with Crippen molar-refractivity contribution in [2.24, 2.45) is 0 Å². The molecule has 6 heteroatoms. The van der Waals surface area contributed by atoms with Crippen molar-refractivity contribution in [2.75, 3.05) is 13.2 Å². The molecule has 0 aliphatic carbocycles. The predicted molar refractivity (Wildman–Crippen MR) is 59.2 cm³/mol. The Hall–Kier alpha value is -0.500. The fourth-order valence-electron chi connectivity index (χ4n) is 1.51. The Morgan fingerprint density at radius 3 is 2.35 bits per heavy atom. The van der Waals surface area contributed by atoms with Crippen molar-refractivity contribution in [3.63, 3.8) is 0 Å². The first-order valence-corrected chi connectivity index (χ1v) is 5.53. The Morgan fingerprint density at radius 1 is 1.18 bits per heavy atom. The fraction of sp³-hybridized carbons (Fsp3) is 0.818. The monoisotopic (exact) mass is 248 g/mol. The lowest BCUT2D eigenvalue weighted by atomic mass is 9.99. The minimum Gasteiger partial charge on any atom is -0.394 e. The van der Waals surface area contributed by atoms with Crippen molar-refractivity contribution in [3.05, 3.63) is 11.6 Å². The second kappa shape index (κ2) is 6.44. The number of hydrogen-bond donors (Lipinski definition) is 4. The predicted octanol–water partition coefficient (Wildman–Crippen LogP) is -1.23. The van der Waals surface area contributed by atoms with Crippen LogP contribution in [0.4, 0.5) is 0 Å². The number of hydrogen-bond acceptors (Lipinski definition) is 6. The fourth-order valence-corrected chi connectivity index (χ4v) is 1.51. The molecule has 6 nitrogen and oxygen atoms in total. The van der Waals surface area contributed by atoms with Gasteiger partial charge in [0, 0.05) is 0 Å². The van der Waals surface area contributed by atoms with E-state index in [0.717, 1.165) is 5.57 Å². The summed E-state index contributed by atoms with van der Waals surface area (Å²) in [5.41, 5.74) is 1.05. The van der Waals surface area contributed by atoms with E-state index in [4.69, 9.17) is 14.6 Å². The molecule has 0 spiro atoms. The summed E-state index contributed by atoms with van der Waals surface area (Å²) in [5, 5.41) is 37.6. The molecule has 0 aromatic rings. The highest BCUT2D eigenvalue weighted by atomic mass is 16.7. The van der Waals surface area contributed by atoms with Crippen molar-refractivity contribution in [3.8, 4) is 0 Å². The summed E-state index contributed by atoms with van der Waals surface area (Å²) in [6.07, 6.45) is -4.26. The van der Waals surface area contributed by atoms with Gasteiger partial charge in [-0.3, -0.25) is 0 Å². The molecule has 0 bridgehead atoms. The first-order chi connectivity index (χ1) is 7.97. The Labute approximate surface area is 100 Å². The van der Waals surface area contributed by atoms with E-state index in [1.807, 2.05) is 13.8 Å². The Kier molecular flexibility index (Phi) is 5.51. The Bertz CT molecular complexity index is 261. The quantitative estimate of drug-likeness (QED) is 0.465. The normalized spacial score (nSPS) is 37.9. The van der Waals surface area contributed by atoms with Crippen molar-refractivity contribution < 1.29 is 29.9 Å². The highest BCUT2D eigenvalue weighted by Crippen LogP contribution is 2.21. The van der Waals surface area contributed by atoms with Crippen LogP contribution in [0.2, 0.25) is 0 Å². The maximum atomic E-state index is 9.62. The van der Waals surface area contributed by atoms with Crippen LogP contribution in [-0.4, -0.2) is 64.3 Å². The number of aliphatic hydroxyl groups excluding tert-OH is 4. The van der Waals surface area contributed by atoms with E-state index >= 15 is 0 Å². The maximum absolute atomic E-state index is 9.62. The van der Waals surface area contributed by atoms with Crippen LogP contribution in [0.15, 0.2) is 11.6 Å². The summed E-state index contributed by atoms with van der Waals surface area (Å²) >= 11 is 0. The molecule has 100 valence electrons. The minimum atomic E-state index is -1.39. The SMILES string of the molecule is CC(C)=CCOC1O[C@H](CO)[C@@H](O)[C@H](O)[C@H]1O. The van der Waals surface area contributed by atoms with Crippen LogP contribution in [-0.2, 0) is 9.47 Å². The van der Waals surface area contributed by atoms with Crippen LogP contribution >= 0.6 is 0 Å². The Balaban J connectivity index is 2.56. The van der Waals surface area contributed by atoms with Crippen LogP contribution in [0.25, 0.3) is 0 Å². The standard InChI is InChI=1S/C11H20O6/c1-6(2)3-4-16-11-10(15)9(14)8(13)7(5-12)17-11/h3,7-15H,4-5H2,1-2H3/t7-,8-,9+,10-,11?/m1/s1. The molecule has 5 atom stereocenters. The molecule has 4 N–H and O–H groups in total. The van der Waals surface area contributed by atoms with Crippen LogP contribution in [0.5, 0.6) is 0 Å². The van der Waals surface area contributed by atoms with Gasteiger partial charge in [-0.1, -0.05) is 11.6 Å². The van der Waals surface area contributed by atoms with Crippen LogP contribution in [0.1, 0.15) is 13.8 Å². The lowest BCUT2D eigenvalue weighted by Crippen LogP contribution is -2.59. The van der Waals surface area contributed by atoms with Gasteiger partial charge in [-0.25, -0.2) is 0 Å². The number of ether oxygens (including phenoxy) is 2. The lowest BCUT2D eigenvalue weighted by Gasteiger charge is -2.39. The van der Waals surface area contributed by atoms with Crippen LogP contribution in [0, 0.1) is 0 Å². The number of rotatable bonds is 4. The molecule has 1 heterocycles. The topological polar surface area (TPSA) is 99.4 Å². The largest absolute Gasteiger partial charge is 0.394 e. The smallest absolute Gasteiger partial charge is 0.187 e. The van der Waals surface area contributed by atoms with E-state index < -0.39 is 37.3 Å². The van der Waals surface area contributed by atoms with Gasteiger partial charge >= 0.3 is 0 Å².